The Kier molecular flexibility index (Phi) is 12.2. The van der Waals surface area contributed by atoms with Gasteiger partial charge in [0.25, 0.3) is 10.2 Å². The summed E-state index contributed by atoms with van der Waals surface area (Å²) in [6.45, 7) is 0. The number of rotatable bonds is 0. The minimum absolute atomic E-state index is 0.683. The van der Waals surface area contributed by atoms with E-state index in [2.05, 4.69) is 64.4 Å². The van der Waals surface area contributed by atoms with Gasteiger partial charge in [0, 0.05) is 0 Å². The quantitative estimate of drug-likeness (QED) is 0.287. The van der Waals surface area contributed by atoms with Crippen LogP contribution in [0.2, 0.25) is 0 Å². The molecule has 0 radical (unpaired) electrons. The molecule has 0 amide bonds. The summed E-state index contributed by atoms with van der Waals surface area (Å²) < 4.78 is 18.4. The van der Waals surface area contributed by atoms with Crippen molar-refractivity contribution in [3.05, 3.63) is 0 Å². The monoisotopic (exact) mass is 686 g/mol. The van der Waals surface area contributed by atoms with E-state index in [1.807, 2.05) is 0 Å². The molecule has 0 fully saturated rings. The minimum atomic E-state index is -3.67. The Morgan fingerprint density at radius 1 is 1.11 bits per heavy atom. The Balaban J connectivity index is 0. The van der Waals surface area contributed by atoms with Crippen molar-refractivity contribution in [3.63, 3.8) is 0 Å². The van der Waals surface area contributed by atoms with E-state index in [9.17, 15) is 8.42 Å². The Hall–Kier alpha value is 2.94. The third-order valence-corrected chi connectivity index (χ3v) is 0. The van der Waals surface area contributed by atoms with Crippen LogP contribution >= 0.6 is 54.1 Å². The van der Waals surface area contributed by atoms with Crippen molar-refractivity contribution in [2.45, 2.75) is 0 Å². The van der Waals surface area contributed by atoms with Gasteiger partial charge in [-0.25, -0.2) is 10.3 Å². The Bertz CT molecular complexity index is 131. The third-order valence-electron chi connectivity index (χ3n) is 0. The van der Waals surface area contributed by atoms with Crippen molar-refractivity contribution < 1.29 is 8.42 Å². The fraction of sp³-hybridized carbons (Fsp3) is 0. The zero-order valence-electron chi connectivity index (χ0n) is 3.96. The fourth-order valence-electron chi connectivity index (χ4n) is 0. The molecule has 0 aromatic heterocycles. The van der Waals surface area contributed by atoms with E-state index >= 15 is 0 Å². The summed E-state index contributed by atoms with van der Waals surface area (Å²) in [6.07, 6.45) is 0. The summed E-state index contributed by atoms with van der Waals surface area (Å²) in [5.41, 5.74) is 0. The first-order chi connectivity index (χ1) is 3.73. The van der Waals surface area contributed by atoms with Gasteiger partial charge in [0.05, 0.1) is 0 Å². The standard InChI is InChI=1S/Bi.3HI.H4N2O2S/c;;;;1-5(2,3)4/h;3*1H;(H4,1,2,3,4)/q+3;;;;/p-3. The van der Waals surface area contributed by atoms with Crippen molar-refractivity contribution in [1.82, 2.24) is 0 Å². The number of hydrogen-bond donors (Lipinski definition) is 2. The molecule has 0 unspecified atom stereocenters. The van der Waals surface area contributed by atoms with Crippen LogP contribution in [0.4, 0.5) is 0 Å². The third kappa shape index (κ3) is 101. The molecule has 9 heavy (non-hydrogen) atoms. The molecular formula is H4BiI3N2O2S. The zero-order valence-corrected chi connectivity index (χ0v) is 14.7. The van der Waals surface area contributed by atoms with Gasteiger partial charge in [0.2, 0.25) is 0 Å². The molecule has 0 rings (SSSR count). The van der Waals surface area contributed by atoms with Gasteiger partial charge in [0.15, 0.2) is 0 Å². The summed E-state index contributed by atoms with van der Waals surface area (Å²) in [5, 5.41) is 8.21. The molecule has 0 aliphatic heterocycles. The molecule has 0 aliphatic carbocycles. The van der Waals surface area contributed by atoms with Crippen LogP contribution in [0.25, 0.3) is 0 Å². The molecule has 4 N–H and O–H groups in total. The van der Waals surface area contributed by atoms with Crippen LogP contribution in [0.1, 0.15) is 0 Å². The molecule has 0 aromatic rings. The summed E-state index contributed by atoms with van der Waals surface area (Å²) in [5.74, 6) is 0. The molecule has 0 aliphatic rings. The molecule has 58 valence electrons. The van der Waals surface area contributed by atoms with Gasteiger partial charge >= 0.3 is 63.3 Å². The molecular weight excluding hydrogens is 682 g/mol. The molecule has 0 atom stereocenters. The van der Waals surface area contributed by atoms with Gasteiger partial charge in [-0.1, -0.05) is 0 Å². The van der Waals surface area contributed by atoms with Crippen LogP contribution in [0.5, 0.6) is 0 Å². The van der Waals surface area contributed by atoms with Crippen LogP contribution in [0, 0.1) is 0 Å². The maximum absolute atomic E-state index is 9.19. The zero-order chi connectivity index (χ0) is 8.08. The Morgan fingerprint density at radius 3 is 1.11 bits per heavy atom. The molecule has 9 heteroatoms. The number of hydrogen-bond acceptors (Lipinski definition) is 2. The second kappa shape index (κ2) is 7.58. The van der Waals surface area contributed by atoms with Crippen LogP contribution < -0.4 is 10.3 Å². The van der Waals surface area contributed by atoms with Gasteiger partial charge in [-0.2, -0.15) is 8.42 Å². The van der Waals surface area contributed by atoms with Crippen LogP contribution in [0.15, 0.2) is 0 Å². The second-order valence-electron chi connectivity index (χ2n) is 0.781. The van der Waals surface area contributed by atoms with Gasteiger partial charge in [-0.15, -0.1) is 0 Å². The molecule has 0 aromatic carbocycles. The summed E-state index contributed by atoms with van der Waals surface area (Å²) in [7, 11) is -4.35. The molecule has 0 bridgehead atoms. The number of halogens is 3. The average molecular weight is 686 g/mol. The normalized spacial score (nSPS) is 10.4. The van der Waals surface area contributed by atoms with Crippen molar-refractivity contribution in [1.29, 1.82) is 0 Å². The predicted molar refractivity (Wildman–Crippen MR) is 65.1 cm³/mol. The first-order valence-corrected chi connectivity index (χ1v) is 32.3. The van der Waals surface area contributed by atoms with Gasteiger partial charge < -0.3 is 0 Å². The van der Waals surface area contributed by atoms with E-state index < -0.39 is 19.4 Å². The summed E-state index contributed by atoms with van der Waals surface area (Å²) >= 11 is 7.56. The first-order valence-electron chi connectivity index (χ1n) is 1.31. The van der Waals surface area contributed by atoms with Crippen molar-refractivity contribution in [3.8, 4) is 0 Å². The second-order valence-corrected chi connectivity index (χ2v) is 77.4. The molecule has 0 heterocycles. The van der Waals surface area contributed by atoms with E-state index in [4.69, 9.17) is 0 Å². The van der Waals surface area contributed by atoms with Crippen LogP contribution in [-0.2, 0) is 10.2 Å². The summed E-state index contributed by atoms with van der Waals surface area (Å²) in [6, 6.07) is 0. The number of nitrogens with two attached hydrogens (primary N) is 2. The van der Waals surface area contributed by atoms with Crippen molar-refractivity contribution in [2.75, 3.05) is 0 Å². The molecule has 4 nitrogen and oxygen atoms in total. The van der Waals surface area contributed by atoms with Crippen molar-refractivity contribution in [2.24, 2.45) is 10.3 Å². The van der Waals surface area contributed by atoms with E-state index in [0.29, 0.717) is 0 Å². The Morgan fingerprint density at radius 2 is 1.11 bits per heavy atom. The van der Waals surface area contributed by atoms with E-state index in [1.165, 1.54) is 0 Å². The molecule has 0 spiro atoms. The first kappa shape index (κ1) is 14.5. The van der Waals surface area contributed by atoms with Gasteiger partial charge in [-0.05, 0) is 0 Å². The average Bonchev–Trinajstić information content (AvgIpc) is 1.19. The maximum atomic E-state index is 9.19. The van der Waals surface area contributed by atoms with Crippen molar-refractivity contribution >= 4 is 73.5 Å². The SMILES string of the molecule is NS(N)(=O)=O.[I][Bi]([I])[I]. The van der Waals surface area contributed by atoms with E-state index in [1.54, 1.807) is 0 Å². The fourth-order valence-corrected chi connectivity index (χ4v) is 0. The van der Waals surface area contributed by atoms with Gasteiger partial charge in [0.1, 0.15) is 0 Å². The molecule has 0 saturated carbocycles. The topological polar surface area (TPSA) is 86.2 Å². The molecule has 0 saturated heterocycles. The summed E-state index contributed by atoms with van der Waals surface area (Å²) in [4.78, 5) is 0. The van der Waals surface area contributed by atoms with Crippen LogP contribution in [-0.4, -0.2) is 17.6 Å². The van der Waals surface area contributed by atoms with E-state index in [0.717, 1.165) is 0 Å². The van der Waals surface area contributed by atoms with E-state index in [-0.39, 0.29) is 0 Å². The predicted octanol–water partition coefficient (Wildman–Crippen LogP) is 0.425. The van der Waals surface area contributed by atoms with Crippen LogP contribution in [0.3, 0.4) is 0 Å². The van der Waals surface area contributed by atoms with Gasteiger partial charge in [-0.3, -0.25) is 0 Å². The Labute approximate surface area is 89.8 Å².